The molecule has 2 rings (SSSR count). The molecule has 7 nitrogen and oxygen atoms in total. The molecule has 1 aromatic carbocycles. The summed E-state index contributed by atoms with van der Waals surface area (Å²) in [6.45, 7) is 1.75. The van der Waals surface area contributed by atoms with Crippen LogP contribution in [0.25, 0.3) is 0 Å². The minimum absolute atomic E-state index is 0.136. The maximum absolute atomic E-state index is 12.6. The maximum atomic E-state index is 12.6. The molecule has 1 heterocycles. The van der Waals surface area contributed by atoms with Crippen molar-refractivity contribution in [3.63, 3.8) is 0 Å². The topological polar surface area (TPSA) is 97.6 Å². The van der Waals surface area contributed by atoms with Crippen molar-refractivity contribution >= 4 is 11.9 Å². The van der Waals surface area contributed by atoms with Crippen molar-refractivity contribution in [2.24, 2.45) is 0 Å². The molecular weight excluding hydrogens is 312 g/mol. The van der Waals surface area contributed by atoms with Gasteiger partial charge < -0.3 is 19.7 Å². The number of amides is 1. The van der Waals surface area contributed by atoms with Crippen LogP contribution < -0.4 is 15.6 Å². The quantitative estimate of drug-likeness (QED) is 0.866. The summed E-state index contributed by atoms with van der Waals surface area (Å²) in [7, 11) is 2.91. The van der Waals surface area contributed by atoms with Gasteiger partial charge in [0.15, 0.2) is 0 Å². The van der Waals surface area contributed by atoms with Crippen LogP contribution >= 0.6 is 0 Å². The largest absolute Gasteiger partial charge is 0.497 e. The Bertz CT molecular complexity index is 841. The van der Waals surface area contributed by atoms with Gasteiger partial charge in [0.2, 0.25) is 0 Å². The number of nitrogens with zero attached hydrogens (tertiary/aromatic N) is 1. The number of hydrogen-bond acceptors (Lipinski definition) is 4. The Morgan fingerprint density at radius 2 is 2.00 bits per heavy atom. The predicted molar refractivity (Wildman–Crippen MR) is 87.9 cm³/mol. The van der Waals surface area contributed by atoms with Crippen LogP contribution in [0.2, 0.25) is 0 Å². The minimum atomic E-state index is -1.22. The smallest absolute Gasteiger partial charge is 0.337 e. The lowest BCUT2D eigenvalue weighted by Crippen LogP contribution is -2.33. The Hall–Kier alpha value is -3.09. The van der Waals surface area contributed by atoms with Crippen molar-refractivity contribution in [2.45, 2.75) is 13.0 Å². The van der Waals surface area contributed by atoms with Gasteiger partial charge in [0, 0.05) is 13.2 Å². The number of carbonyl (C=O) groups excluding carboxylic acids is 1. The Labute approximate surface area is 138 Å². The molecule has 0 saturated heterocycles. The predicted octanol–water partition coefficient (Wildman–Crippen LogP) is 1.52. The molecule has 1 unspecified atom stereocenters. The van der Waals surface area contributed by atoms with Gasteiger partial charge in [-0.15, -0.1) is 0 Å². The van der Waals surface area contributed by atoms with E-state index in [1.165, 1.54) is 24.9 Å². The van der Waals surface area contributed by atoms with E-state index in [4.69, 9.17) is 4.74 Å². The average molecular weight is 330 g/mol. The second-order valence-corrected chi connectivity index (χ2v) is 5.19. The highest BCUT2D eigenvalue weighted by atomic mass is 16.5. The number of ether oxygens (including phenoxy) is 1. The summed E-state index contributed by atoms with van der Waals surface area (Å²) in [6, 6.07) is 7.70. The van der Waals surface area contributed by atoms with Gasteiger partial charge in [-0.25, -0.2) is 4.79 Å². The van der Waals surface area contributed by atoms with Crippen LogP contribution in [0.5, 0.6) is 5.75 Å². The number of aromatic nitrogens is 1. The number of methoxy groups -OCH3 is 1. The zero-order valence-electron chi connectivity index (χ0n) is 13.6. The van der Waals surface area contributed by atoms with Gasteiger partial charge in [0.1, 0.15) is 11.3 Å². The van der Waals surface area contributed by atoms with Gasteiger partial charge in [-0.2, -0.15) is 0 Å². The van der Waals surface area contributed by atoms with Crippen LogP contribution in [0, 0.1) is 0 Å². The molecule has 0 bridgehead atoms. The third-order valence-electron chi connectivity index (χ3n) is 3.76. The fourth-order valence-corrected chi connectivity index (χ4v) is 2.37. The first-order valence-corrected chi connectivity index (χ1v) is 7.24. The molecule has 0 spiro atoms. The van der Waals surface area contributed by atoms with Crippen molar-refractivity contribution in [1.29, 1.82) is 0 Å². The highest BCUT2D eigenvalue weighted by Gasteiger charge is 2.19. The summed E-state index contributed by atoms with van der Waals surface area (Å²) in [5, 5.41) is 11.6. The Balaban J connectivity index is 2.63. The normalized spacial score (nSPS) is 11.6. The van der Waals surface area contributed by atoms with Crippen molar-refractivity contribution < 1.29 is 19.4 Å². The van der Waals surface area contributed by atoms with Gasteiger partial charge in [-0.1, -0.05) is 12.1 Å². The standard InChI is InChI=1S/C17H18N2O5/c1-10(11-5-4-6-13(7-11)24-3)19-9-12(17(22)23)8-14(16(19)21)15(20)18-2/h4-10H,1-3H3,(H,18,20)(H,22,23). The molecule has 1 amide bonds. The van der Waals surface area contributed by atoms with Crippen LogP contribution in [0.4, 0.5) is 0 Å². The highest BCUT2D eigenvalue weighted by molar-refractivity contribution is 5.96. The summed E-state index contributed by atoms with van der Waals surface area (Å²) in [6.07, 6.45) is 1.24. The molecule has 126 valence electrons. The lowest BCUT2D eigenvalue weighted by Gasteiger charge is -2.18. The lowest BCUT2D eigenvalue weighted by molar-refractivity contribution is 0.0695. The van der Waals surface area contributed by atoms with Crippen LogP contribution in [0.3, 0.4) is 0 Å². The van der Waals surface area contributed by atoms with E-state index in [1.807, 2.05) is 0 Å². The zero-order chi connectivity index (χ0) is 17.9. The summed E-state index contributed by atoms with van der Waals surface area (Å²) in [4.78, 5) is 35.8. The van der Waals surface area contributed by atoms with Crippen LogP contribution in [0.15, 0.2) is 41.3 Å². The second-order valence-electron chi connectivity index (χ2n) is 5.19. The summed E-state index contributed by atoms with van der Waals surface area (Å²) < 4.78 is 6.41. The van der Waals surface area contributed by atoms with E-state index in [0.29, 0.717) is 5.75 Å². The van der Waals surface area contributed by atoms with E-state index in [9.17, 15) is 19.5 Å². The first-order chi connectivity index (χ1) is 11.4. The van der Waals surface area contributed by atoms with Crippen LogP contribution in [0.1, 0.15) is 39.2 Å². The number of carbonyl (C=O) groups is 2. The monoisotopic (exact) mass is 330 g/mol. The molecule has 1 atom stereocenters. The average Bonchev–Trinajstić information content (AvgIpc) is 2.60. The van der Waals surface area contributed by atoms with Crippen molar-refractivity contribution in [3.8, 4) is 5.75 Å². The number of rotatable bonds is 5. The molecule has 0 aliphatic heterocycles. The van der Waals surface area contributed by atoms with E-state index in [1.54, 1.807) is 31.2 Å². The molecule has 0 fully saturated rings. The molecule has 2 N–H and O–H groups in total. The van der Waals surface area contributed by atoms with E-state index >= 15 is 0 Å². The van der Waals surface area contributed by atoms with Gasteiger partial charge in [0.05, 0.1) is 18.7 Å². The molecule has 0 saturated carbocycles. The van der Waals surface area contributed by atoms with Gasteiger partial charge in [-0.05, 0) is 30.7 Å². The molecule has 0 aliphatic carbocycles. The molecule has 0 aliphatic rings. The molecule has 0 radical (unpaired) electrons. The van der Waals surface area contributed by atoms with E-state index in [0.717, 1.165) is 11.6 Å². The number of carboxylic acid groups (broad SMARTS) is 1. The fraction of sp³-hybridized carbons (Fsp3) is 0.235. The van der Waals surface area contributed by atoms with Crippen molar-refractivity contribution in [2.75, 3.05) is 14.2 Å². The SMILES string of the molecule is CNC(=O)c1cc(C(=O)O)cn(C(C)c2cccc(OC)c2)c1=O. The van der Waals surface area contributed by atoms with Gasteiger partial charge in [0.25, 0.3) is 11.5 Å². The number of benzene rings is 1. The van der Waals surface area contributed by atoms with Crippen molar-refractivity contribution in [1.82, 2.24) is 9.88 Å². The molecule has 24 heavy (non-hydrogen) atoms. The molecular formula is C17H18N2O5. The summed E-state index contributed by atoms with van der Waals surface area (Å²) in [5.41, 5.74) is -0.161. The number of pyridine rings is 1. The number of hydrogen-bond donors (Lipinski definition) is 2. The maximum Gasteiger partial charge on any atom is 0.337 e. The zero-order valence-corrected chi connectivity index (χ0v) is 13.6. The first kappa shape index (κ1) is 17.3. The number of nitrogens with one attached hydrogen (secondary N) is 1. The first-order valence-electron chi connectivity index (χ1n) is 7.24. The molecule has 1 aromatic heterocycles. The highest BCUT2D eigenvalue weighted by Crippen LogP contribution is 2.21. The van der Waals surface area contributed by atoms with E-state index in [-0.39, 0.29) is 11.1 Å². The Kier molecular flexibility index (Phi) is 5.03. The third kappa shape index (κ3) is 3.29. The number of aromatic carboxylic acids is 1. The van der Waals surface area contributed by atoms with Crippen LogP contribution in [-0.2, 0) is 0 Å². The summed E-state index contributed by atoms with van der Waals surface area (Å²) >= 11 is 0. The molecule has 7 heteroatoms. The van der Waals surface area contributed by atoms with Crippen molar-refractivity contribution in [3.05, 3.63) is 63.6 Å². The number of carboxylic acids is 1. The third-order valence-corrected chi connectivity index (χ3v) is 3.76. The Morgan fingerprint density at radius 3 is 2.58 bits per heavy atom. The van der Waals surface area contributed by atoms with Gasteiger partial charge >= 0.3 is 5.97 Å². The van der Waals surface area contributed by atoms with E-state index < -0.39 is 23.5 Å². The second kappa shape index (κ2) is 6.99. The minimum Gasteiger partial charge on any atom is -0.497 e. The van der Waals surface area contributed by atoms with Crippen LogP contribution in [-0.4, -0.2) is 35.7 Å². The lowest BCUT2D eigenvalue weighted by atomic mass is 10.1. The fourth-order valence-electron chi connectivity index (χ4n) is 2.37. The van der Waals surface area contributed by atoms with E-state index in [2.05, 4.69) is 5.32 Å². The molecule has 2 aromatic rings. The Morgan fingerprint density at radius 1 is 1.29 bits per heavy atom. The summed E-state index contributed by atoms with van der Waals surface area (Å²) in [5.74, 6) is -1.23. The van der Waals surface area contributed by atoms with Gasteiger partial charge in [-0.3, -0.25) is 9.59 Å².